The molecule has 0 aliphatic heterocycles. The van der Waals surface area contributed by atoms with Crippen molar-refractivity contribution in [3.8, 4) is 0 Å². The van der Waals surface area contributed by atoms with Crippen LogP contribution >= 0.6 is 0 Å². The van der Waals surface area contributed by atoms with Crippen LogP contribution in [0.5, 0.6) is 0 Å². The molecule has 2 aromatic heterocycles. The highest BCUT2D eigenvalue weighted by molar-refractivity contribution is 5.95. The number of hydrogen-bond donors (Lipinski definition) is 1. The molecule has 0 radical (unpaired) electrons. The third kappa shape index (κ3) is 3.32. The zero-order valence-electron chi connectivity index (χ0n) is 14.4. The van der Waals surface area contributed by atoms with Crippen molar-refractivity contribution in [3.05, 3.63) is 59.5 Å². The largest absolute Gasteiger partial charge is 0.465 e. The van der Waals surface area contributed by atoms with Gasteiger partial charge in [0.2, 0.25) is 0 Å². The molecule has 1 unspecified atom stereocenters. The lowest BCUT2D eigenvalue weighted by Crippen LogP contribution is -2.17. The van der Waals surface area contributed by atoms with Gasteiger partial charge in [0.05, 0.1) is 25.3 Å². The predicted molar refractivity (Wildman–Crippen MR) is 93.7 cm³/mol. The Morgan fingerprint density at radius 1 is 1.28 bits per heavy atom. The second-order valence-corrected chi connectivity index (χ2v) is 5.62. The molecule has 1 aromatic carbocycles. The maximum atomic E-state index is 11.9. The zero-order valence-corrected chi connectivity index (χ0v) is 14.4. The van der Waals surface area contributed by atoms with E-state index in [1.807, 2.05) is 37.3 Å². The third-order valence-electron chi connectivity index (χ3n) is 4.08. The monoisotopic (exact) mass is 340 g/mol. The molecule has 0 amide bonds. The molecule has 0 fully saturated rings. The van der Waals surface area contributed by atoms with Crippen LogP contribution in [0.4, 0.5) is 5.82 Å². The van der Waals surface area contributed by atoms with Crippen LogP contribution < -0.4 is 5.32 Å². The smallest absolute Gasteiger partial charge is 0.339 e. The molecule has 0 bridgehead atoms. The average molecular weight is 340 g/mol. The summed E-state index contributed by atoms with van der Waals surface area (Å²) in [5, 5.41) is 7.59. The van der Waals surface area contributed by atoms with Crippen molar-refractivity contribution >= 4 is 17.3 Å². The molecule has 1 N–H and O–H groups in total. The molecule has 1 atom stereocenters. The Kier molecular flexibility index (Phi) is 4.95. The van der Waals surface area contributed by atoms with Gasteiger partial charge in [-0.1, -0.05) is 30.3 Å². The van der Waals surface area contributed by atoms with Crippen LogP contribution in [0, 0.1) is 6.92 Å². The molecule has 0 saturated heterocycles. The second kappa shape index (κ2) is 7.31. The molecule has 0 aliphatic carbocycles. The number of fused-ring (bicyclic) bond motifs is 1. The summed E-state index contributed by atoms with van der Waals surface area (Å²) in [5.74, 6) is 0.235. The number of benzene rings is 1. The summed E-state index contributed by atoms with van der Waals surface area (Å²) in [6.07, 6.45) is 3.10. The van der Waals surface area contributed by atoms with E-state index in [1.165, 1.54) is 13.4 Å². The van der Waals surface area contributed by atoms with Gasteiger partial charge in [0.1, 0.15) is 11.8 Å². The van der Waals surface area contributed by atoms with Crippen LogP contribution in [-0.4, -0.2) is 41.4 Å². The highest BCUT2D eigenvalue weighted by Crippen LogP contribution is 2.26. The first-order valence-corrected chi connectivity index (χ1v) is 7.87. The van der Waals surface area contributed by atoms with Crippen molar-refractivity contribution < 1.29 is 14.3 Å². The molecule has 3 aromatic rings. The summed E-state index contributed by atoms with van der Waals surface area (Å²) in [5.41, 5.74) is 3.05. The number of methoxy groups -OCH3 is 2. The molecular formula is C18H20N4O3. The van der Waals surface area contributed by atoms with Crippen molar-refractivity contribution in [2.75, 3.05) is 26.1 Å². The molecule has 130 valence electrons. The van der Waals surface area contributed by atoms with Gasteiger partial charge in [-0.2, -0.15) is 5.10 Å². The fourth-order valence-corrected chi connectivity index (χ4v) is 2.82. The van der Waals surface area contributed by atoms with Crippen LogP contribution in [0.1, 0.15) is 27.5 Å². The van der Waals surface area contributed by atoms with Crippen LogP contribution in [-0.2, 0) is 9.47 Å². The second-order valence-electron chi connectivity index (χ2n) is 5.62. The lowest BCUT2D eigenvalue weighted by Gasteiger charge is -2.19. The van der Waals surface area contributed by atoms with E-state index >= 15 is 0 Å². The SMILES string of the molecule is COCC(Nc1ncnn2cc(C(=O)OC)c(C)c12)c1ccccc1. The number of ether oxygens (including phenoxy) is 2. The van der Waals surface area contributed by atoms with Gasteiger partial charge >= 0.3 is 5.97 Å². The average Bonchev–Trinajstić information content (AvgIpc) is 2.99. The Morgan fingerprint density at radius 3 is 2.72 bits per heavy atom. The van der Waals surface area contributed by atoms with E-state index in [9.17, 15) is 4.79 Å². The van der Waals surface area contributed by atoms with Crippen molar-refractivity contribution in [2.24, 2.45) is 0 Å². The lowest BCUT2D eigenvalue weighted by atomic mass is 10.1. The molecule has 3 rings (SSSR count). The molecular weight excluding hydrogens is 320 g/mol. The molecule has 25 heavy (non-hydrogen) atoms. The number of carbonyl (C=O) groups excluding carboxylic acids is 1. The number of aryl methyl sites for hydroxylation is 1. The summed E-state index contributed by atoms with van der Waals surface area (Å²) in [6, 6.07) is 9.90. The minimum absolute atomic E-state index is 0.0826. The van der Waals surface area contributed by atoms with Gasteiger partial charge in [0.15, 0.2) is 5.82 Å². The number of anilines is 1. The fraction of sp³-hybridized carbons (Fsp3) is 0.278. The molecule has 0 aliphatic rings. The number of nitrogens with zero attached hydrogens (tertiary/aromatic N) is 3. The van der Waals surface area contributed by atoms with E-state index < -0.39 is 5.97 Å². The van der Waals surface area contributed by atoms with Gasteiger partial charge in [-0.3, -0.25) is 0 Å². The first-order chi connectivity index (χ1) is 12.2. The first kappa shape index (κ1) is 16.9. The Labute approximate surface area is 145 Å². The highest BCUT2D eigenvalue weighted by Gasteiger charge is 2.20. The maximum absolute atomic E-state index is 11.9. The van der Waals surface area contributed by atoms with E-state index in [4.69, 9.17) is 9.47 Å². The predicted octanol–water partition coefficient (Wildman–Crippen LogP) is 2.62. The maximum Gasteiger partial charge on any atom is 0.339 e. The summed E-state index contributed by atoms with van der Waals surface area (Å²) in [4.78, 5) is 16.3. The van der Waals surface area contributed by atoms with Gasteiger partial charge in [-0.25, -0.2) is 14.3 Å². The van der Waals surface area contributed by atoms with E-state index in [2.05, 4.69) is 15.4 Å². The van der Waals surface area contributed by atoms with Gasteiger partial charge < -0.3 is 14.8 Å². The van der Waals surface area contributed by atoms with Gasteiger partial charge in [0, 0.05) is 13.3 Å². The number of carbonyl (C=O) groups is 1. The Bertz CT molecular complexity index is 877. The van der Waals surface area contributed by atoms with Crippen molar-refractivity contribution in [1.82, 2.24) is 14.6 Å². The summed E-state index contributed by atoms with van der Waals surface area (Å²) < 4.78 is 11.8. The molecule has 2 heterocycles. The van der Waals surface area contributed by atoms with Crippen LogP contribution in [0.2, 0.25) is 0 Å². The summed E-state index contributed by atoms with van der Waals surface area (Å²) in [7, 11) is 3.02. The number of rotatable bonds is 6. The van der Waals surface area contributed by atoms with E-state index in [0.29, 0.717) is 18.0 Å². The standard InChI is InChI=1S/C18H20N4O3/c1-12-14(18(23)25-3)9-22-16(12)17(19-11-20-22)21-15(10-24-2)13-7-5-4-6-8-13/h4-9,11,15H,10H2,1-3H3,(H,19,20,21). The third-order valence-corrected chi connectivity index (χ3v) is 4.08. The topological polar surface area (TPSA) is 77.8 Å². The van der Waals surface area contributed by atoms with Crippen LogP contribution in [0.15, 0.2) is 42.9 Å². The minimum Gasteiger partial charge on any atom is -0.465 e. The summed E-state index contributed by atoms with van der Waals surface area (Å²) >= 11 is 0. The minimum atomic E-state index is -0.398. The zero-order chi connectivity index (χ0) is 17.8. The number of aromatic nitrogens is 3. The summed E-state index contributed by atoms with van der Waals surface area (Å²) in [6.45, 7) is 2.33. The van der Waals surface area contributed by atoms with Crippen molar-refractivity contribution in [3.63, 3.8) is 0 Å². The van der Waals surface area contributed by atoms with Crippen LogP contribution in [0.25, 0.3) is 5.52 Å². The molecule has 7 nitrogen and oxygen atoms in total. The molecule has 0 saturated carbocycles. The van der Waals surface area contributed by atoms with Gasteiger partial charge in [-0.05, 0) is 18.1 Å². The van der Waals surface area contributed by atoms with Crippen LogP contribution in [0.3, 0.4) is 0 Å². The molecule has 7 heteroatoms. The van der Waals surface area contributed by atoms with E-state index in [-0.39, 0.29) is 6.04 Å². The Hall–Kier alpha value is -2.93. The fourth-order valence-electron chi connectivity index (χ4n) is 2.82. The van der Waals surface area contributed by atoms with Gasteiger partial charge in [-0.15, -0.1) is 0 Å². The molecule has 0 spiro atoms. The van der Waals surface area contributed by atoms with Crippen molar-refractivity contribution in [1.29, 1.82) is 0 Å². The van der Waals surface area contributed by atoms with Crippen molar-refractivity contribution in [2.45, 2.75) is 13.0 Å². The number of esters is 1. The highest BCUT2D eigenvalue weighted by atomic mass is 16.5. The Morgan fingerprint density at radius 2 is 2.04 bits per heavy atom. The quantitative estimate of drug-likeness (QED) is 0.695. The van der Waals surface area contributed by atoms with Gasteiger partial charge in [0.25, 0.3) is 0 Å². The van der Waals surface area contributed by atoms with E-state index in [0.717, 1.165) is 16.6 Å². The first-order valence-electron chi connectivity index (χ1n) is 7.87. The van der Waals surface area contributed by atoms with E-state index in [1.54, 1.807) is 17.8 Å². The number of hydrogen-bond acceptors (Lipinski definition) is 6. The normalized spacial score (nSPS) is 12.1. The lowest BCUT2D eigenvalue weighted by molar-refractivity contribution is 0.0600. The number of nitrogens with one attached hydrogen (secondary N) is 1. The Balaban J connectivity index is 2.03.